The van der Waals surface area contributed by atoms with Gasteiger partial charge in [-0.25, -0.2) is 0 Å². The van der Waals surface area contributed by atoms with Gasteiger partial charge in [0.05, 0.1) is 45.8 Å². The molecule has 3 aromatic carbocycles. The van der Waals surface area contributed by atoms with E-state index in [9.17, 15) is 19.8 Å². The van der Waals surface area contributed by atoms with E-state index in [4.69, 9.17) is 23.4 Å². The molecule has 0 unspecified atom stereocenters. The molecule has 0 aliphatic rings. The van der Waals surface area contributed by atoms with Crippen LogP contribution in [0.15, 0.2) is 64.0 Å². The average Bonchev–Trinajstić information content (AvgIpc) is 2.91. The fourth-order valence-corrected chi connectivity index (χ4v) is 4.33. The van der Waals surface area contributed by atoms with Gasteiger partial charge in [-0.15, -0.1) is 0 Å². The van der Waals surface area contributed by atoms with Crippen LogP contribution in [0.2, 0.25) is 0 Å². The van der Waals surface area contributed by atoms with Crippen LogP contribution >= 0.6 is 0 Å². The van der Waals surface area contributed by atoms with Gasteiger partial charge in [0, 0.05) is 11.5 Å². The quantitative estimate of drug-likeness (QED) is 0.330. The molecule has 4 rings (SSSR count). The van der Waals surface area contributed by atoms with Gasteiger partial charge in [-0.05, 0) is 47.5 Å². The highest BCUT2D eigenvalue weighted by atomic mass is 16.5. The molecule has 1 aromatic heterocycles. The molecule has 2 N–H and O–H groups in total. The van der Waals surface area contributed by atoms with Gasteiger partial charge in [-0.3, -0.25) is 9.59 Å². The van der Waals surface area contributed by atoms with Crippen molar-refractivity contribution in [3.05, 3.63) is 76.1 Å². The van der Waals surface area contributed by atoms with E-state index in [0.29, 0.717) is 28.4 Å². The largest absolute Gasteiger partial charge is 0.508 e. The van der Waals surface area contributed by atoms with Crippen LogP contribution < -0.4 is 19.6 Å². The highest BCUT2D eigenvalue weighted by molar-refractivity contribution is 5.87. The number of benzene rings is 3. The van der Waals surface area contributed by atoms with Gasteiger partial charge >= 0.3 is 5.97 Å². The summed E-state index contributed by atoms with van der Waals surface area (Å²) in [4.78, 5) is 25.9. The minimum Gasteiger partial charge on any atom is -0.508 e. The molecule has 1 heterocycles. The number of hydrogen-bond donors (Lipinski definition) is 2. The predicted octanol–water partition coefficient (Wildman–Crippen LogP) is 4.59. The summed E-state index contributed by atoms with van der Waals surface area (Å²) in [5, 5.41) is 20.8. The summed E-state index contributed by atoms with van der Waals surface area (Å²) in [6, 6.07) is 12.3. The van der Waals surface area contributed by atoms with E-state index >= 15 is 0 Å². The lowest BCUT2D eigenvalue weighted by atomic mass is 9.86. The number of carbonyl (C=O) groups excluding carboxylic acids is 1. The van der Waals surface area contributed by atoms with Crippen molar-refractivity contribution in [1.29, 1.82) is 0 Å². The monoisotopic (exact) mass is 506 g/mol. The van der Waals surface area contributed by atoms with Crippen molar-refractivity contribution in [3.8, 4) is 39.9 Å². The molecule has 0 spiro atoms. The Labute approximate surface area is 212 Å². The first kappa shape index (κ1) is 25.4. The van der Waals surface area contributed by atoms with Crippen LogP contribution in [-0.2, 0) is 9.53 Å². The number of hydrogen-bond acceptors (Lipinski definition) is 9. The van der Waals surface area contributed by atoms with Gasteiger partial charge in [0.1, 0.15) is 23.3 Å². The third-order valence-electron chi connectivity index (χ3n) is 6.17. The van der Waals surface area contributed by atoms with Crippen LogP contribution in [0, 0.1) is 0 Å². The van der Waals surface area contributed by atoms with Crippen LogP contribution in [0.4, 0.5) is 0 Å². The second-order valence-corrected chi connectivity index (χ2v) is 8.19. The van der Waals surface area contributed by atoms with E-state index in [-0.39, 0.29) is 45.4 Å². The Morgan fingerprint density at radius 1 is 0.919 bits per heavy atom. The molecule has 192 valence electrons. The average molecular weight is 507 g/mol. The number of aromatic hydroxyl groups is 2. The molecule has 0 amide bonds. The molecule has 4 aromatic rings. The zero-order valence-electron chi connectivity index (χ0n) is 20.7. The lowest BCUT2D eigenvalue weighted by molar-refractivity contribution is -0.140. The number of phenols is 2. The zero-order valence-corrected chi connectivity index (χ0v) is 20.7. The van der Waals surface area contributed by atoms with Crippen LogP contribution in [0.5, 0.6) is 28.7 Å². The Morgan fingerprint density at radius 2 is 1.57 bits per heavy atom. The molecule has 9 heteroatoms. The van der Waals surface area contributed by atoms with Crippen LogP contribution in [0.1, 0.15) is 23.5 Å². The Morgan fingerprint density at radius 3 is 2.14 bits per heavy atom. The molecule has 9 nitrogen and oxygen atoms in total. The van der Waals surface area contributed by atoms with Crippen molar-refractivity contribution in [1.82, 2.24) is 0 Å². The van der Waals surface area contributed by atoms with Gasteiger partial charge in [0.25, 0.3) is 0 Å². The minimum atomic E-state index is -0.799. The third kappa shape index (κ3) is 4.75. The van der Waals surface area contributed by atoms with Gasteiger partial charge < -0.3 is 33.6 Å². The van der Waals surface area contributed by atoms with E-state index in [1.807, 2.05) is 0 Å². The van der Waals surface area contributed by atoms with Crippen molar-refractivity contribution in [3.63, 3.8) is 0 Å². The van der Waals surface area contributed by atoms with E-state index in [1.54, 1.807) is 24.3 Å². The summed E-state index contributed by atoms with van der Waals surface area (Å²) in [5.74, 6) is -0.388. The van der Waals surface area contributed by atoms with Crippen LogP contribution in [0.25, 0.3) is 22.1 Å². The van der Waals surface area contributed by atoms with Crippen LogP contribution in [-0.4, -0.2) is 44.6 Å². The Balaban J connectivity index is 1.98. The topological polar surface area (TPSA) is 125 Å². The van der Waals surface area contributed by atoms with E-state index < -0.39 is 11.9 Å². The van der Waals surface area contributed by atoms with Gasteiger partial charge in [0.2, 0.25) is 11.2 Å². The second kappa shape index (κ2) is 10.5. The van der Waals surface area contributed by atoms with Gasteiger partial charge in [0.15, 0.2) is 11.5 Å². The summed E-state index contributed by atoms with van der Waals surface area (Å²) in [5.41, 5.74) is 1.38. The van der Waals surface area contributed by atoms with Crippen molar-refractivity contribution in [2.75, 3.05) is 28.4 Å². The van der Waals surface area contributed by atoms with E-state index in [0.717, 1.165) is 0 Å². The molecule has 0 aliphatic heterocycles. The second-order valence-electron chi connectivity index (χ2n) is 8.19. The highest BCUT2D eigenvalue weighted by Crippen LogP contribution is 2.45. The number of rotatable bonds is 8. The normalized spacial score (nSPS) is 11.7. The molecule has 1 atom stereocenters. The highest BCUT2D eigenvalue weighted by Gasteiger charge is 2.29. The summed E-state index contributed by atoms with van der Waals surface area (Å²) < 4.78 is 27.2. The van der Waals surface area contributed by atoms with E-state index in [1.165, 1.54) is 59.0 Å². The maximum atomic E-state index is 13.4. The number of ether oxygens (including phenoxy) is 4. The van der Waals surface area contributed by atoms with Gasteiger partial charge in [-0.2, -0.15) is 0 Å². The number of carbonyl (C=O) groups is 1. The number of methoxy groups -OCH3 is 4. The molecule has 0 radical (unpaired) electrons. The molecule has 37 heavy (non-hydrogen) atoms. The minimum absolute atomic E-state index is 0.0668. The van der Waals surface area contributed by atoms with Crippen molar-refractivity contribution < 1.29 is 38.4 Å². The lowest BCUT2D eigenvalue weighted by Gasteiger charge is -2.22. The van der Waals surface area contributed by atoms with Crippen molar-refractivity contribution in [2.24, 2.45) is 0 Å². The number of fused-ring (bicyclic) bond motifs is 1. The first-order chi connectivity index (χ1) is 17.8. The fraction of sp³-hybridized carbons (Fsp3) is 0.214. The summed E-state index contributed by atoms with van der Waals surface area (Å²) >= 11 is 0. The lowest BCUT2D eigenvalue weighted by Crippen LogP contribution is -2.13. The molecule has 0 saturated carbocycles. The maximum Gasteiger partial charge on any atom is 0.306 e. The smallest absolute Gasteiger partial charge is 0.306 e. The van der Waals surface area contributed by atoms with Crippen LogP contribution in [0.3, 0.4) is 0 Å². The summed E-state index contributed by atoms with van der Waals surface area (Å²) in [6.45, 7) is 0. The van der Waals surface area contributed by atoms with Gasteiger partial charge in [-0.1, -0.05) is 12.1 Å². The van der Waals surface area contributed by atoms with Crippen molar-refractivity contribution >= 4 is 16.9 Å². The predicted molar refractivity (Wildman–Crippen MR) is 136 cm³/mol. The third-order valence-corrected chi connectivity index (χ3v) is 6.17. The fourth-order valence-electron chi connectivity index (χ4n) is 4.33. The maximum absolute atomic E-state index is 13.4. The molecular weight excluding hydrogens is 480 g/mol. The first-order valence-corrected chi connectivity index (χ1v) is 11.3. The zero-order chi connectivity index (χ0) is 26.7. The molecule has 0 saturated heterocycles. The summed E-state index contributed by atoms with van der Waals surface area (Å²) in [7, 11) is 5.68. The summed E-state index contributed by atoms with van der Waals surface area (Å²) in [6.07, 6.45) is 1.12. The number of phenolic OH excluding ortho intramolecular Hbond substituents is 2. The SMILES string of the molecule is COC(=O)C[C@H](c1cc(OC)c(OC)c(OC)c1)c1c(O)ccc2c(=O)c(-c3ccc(O)cc3)coc12. The molecule has 0 aliphatic carbocycles. The molecule has 0 bridgehead atoms. The van der Waals surface area contributed by atoms with Crippen molar-refractivity contribution in [2.45, 2.75) is 12.3 Å². The van der Waals surface area contributed by atoms with E-state index in [2.05, 4.69) is 0 Å². The Bertz CT molecular complexity index is 1480. The molecular formula is C28H26O9. The first-order valence-electron chi connectivity index (χ1n) is 11.3. The Hall–Kier alpha value is -4.66. The molecule has 0 fully saturated rings. The number of esters is 1. The standard InChI is InChI=1S/C28H26O9/c1-33-22-11-16(12-23(34-2)28(22)36-4)19(13-24(31)35-3)25-21(30)10-9-18-26(32)20(14-37-27(18)25)15-5-7-17(29)8-6-15/h5-12,14,19,29-30H,13H2,1-4H3/t19-/m1/s1. The Kier molecular flexibility index (Phi) is 7.24.